The number of benzene rings is 1. The van der Waals surface area contributed by atoms with E-state index >= 15 is 0 Å². The van der Waals surface area contributed by atoms with Gasteiger partial charge < -0.3 is 11.1 Å². The zero-order valence-electron chi connectivity index (χ0n) is 9.75. The van der Waals surface area contributed by atoms with Gasteiger partial charge >= 0.3 is 0 Å². The standard InChI is InChI=1S/C12H7Br3FN3O/c13-5-3-7(14)10(8(15)4-5)19-12(20)6-1-2-18-11(17)9(6)16/h1-4H,(H2,17,18)(H,19,20). The number of nitrogens with one attached hydrogen (secondary N) is 1. The number of hydrogen-bond donors (Lipinski definition) is 2. The number of hydrogen-bond acceptors (Lipinski definition) is 3. The molecule has 0 aliphatic heterocycles. The van der Waals surface area contributed by atoms with E-state index < -0.39 is 11.7 Å². The van der Waals surface area contributed by atoms with Crippen LogP contribution in [0.4, 0.5) is 15.9 Å². The predicted octanol–water partition coefficient (Wildman–Crippen LogP) is 4.34. The number of aromatic nitrogens is 1. The van der Waals surface area contributed by atoms with Gasteiger partial charge in [-0.1, -0.05) is 15.9 Å². The quantitative estimate of drug-likeness (QED) is 0.690. The summed E-state index contributed by atoms with van der Waals surface area (Å²) in [6.07, 6.45) is 1.28. The molecule has 1 aromatic carbocycles. The van der Waals surface area contributed by atoms with Gasteiger partial charge in [-0.2, -0.15) is 0 Å². The fourth-order valence-electron chi connectivity index (χ4n) is 1.48. The van der Waals surface area contributed by atoms with Crippen molar-refractivity contribution in [1.29, 1.82) is 0 Å². The molecule has 1 aromatic heterocycles. The van der Waals surface area contributed by atoms with Crippen LogP contribution in [-0.2, 0) is 0 Å². The number of carbonyl (C=O) groups excluding carboxylic acids is 1. The number of rotatable bonds is 2. The molecule has 104 valence electrons. The summed E-state index contributed by atoms with van der Waals surface area (Å²) in [7, 11) is 0. The summed E-state index contributed by atoms with van der Waals surface area (Å²) in [6.45, 7) is 0. The van der Waals surface area contributed by atoms with Crippen molar-refractivity contribution < 1.29 is 9.18 Å². The topological polar surface area (TPSA) is 68.0 Å². The van der Waals surface area contributed by atoms with Gasteiger partial charge in [-0.05, 0) is 50.1 Å². The lowest BCUT2D eigenvalue weighted by Crippen LogP contribution is -2.16. The van der Waals surface area contributed by atoms with Crippen LogP contribution in [0.1, 0.15) is 10.4 Å². The fraction of sp³-hybridized carbons (Fsp3) is 0. The Hall–Kier alpha value is -0.990. The van der Waals surface area contributed by atoms with Gasteiger partial charge in [-0.3, -0.25) is 4.79 Å². The third kappa shape index (κ3) is 3.18. The summed E-state index contributed by atoms with van der Waals surface area (Å²) in [4.78, 5) is 15.7. The minimum Gasteiger partial charge on any atom is -0.381 e. The van der Waals surface area contributed by atoms with Crippen molar-refractivity contribution in [3.05, 3.63) is 49.2 Å². The summed E-state index contributed by atoms with van der Waals surface area (Å²) in [5.74, 6) is -1.76. The maximum absolute atomic E-state index is 13.7. The Bertz CT molecular complexity index is 671. The molecule has 2 rings (SSSR count). The second-order valence-electron chi connectivity index (χ2n) is 3.76. The average Bonchev–Trinajstić information content (AvgIpc) is 2.36. The largest absolute Gasteiger partial charge is 0.381 e. The number of amides is 1. The van der Waals surface area contributed by atoms with Crippen molar-refractivity contribution in [3.8, 4) is 0 Å². The monoisotopic (exact) mass is 465 g/mol. The van der Waals surface area contributed by atoms with E-state index in [0.29, 0.717) is 14.6 Å². The van der Waals surface area contributed by atoms with Crippen molar-refractivity contribution >= 4 is 65.2 Å². The Labute approximate surface area is 139 Å². The molecular formula is C12H7Br3FN3O. The highest BCUT2D eigenvalue weighted by Crippen LogP contribution is 2.34. The maximum Gasteiger partial charge on any atom is 0.258 e. The molecule has 8 heteroatoms. The van der Waals surface area contributed by atoms with Crippen LogP contribution in [0.25, 0.3) is 0 Å². The predicted molar refractivity (Wildman–Crippen MR) is 86.1 cm³/mol. The van der Waals surface area contributed by atoms with Crippen LogP contribution in [0.15, 0.2) is 37.8 Å². The minimum absolute atomic E-state index is 0.167. The summed E-state index contributed by atoms with van der Waals surface area (Å²) in [6, 6.07) is 4.79. The zero-order chi connectivity index (χ0) is 14.9. The summed E-state index contributed by atoms with van der Waals surface area (Å²) >= 11 is 9.97. The van der Waals surface area contributed by atoms with Gasteiger partial charge in [0, 0.05) is 19.6 Å². The Morgan fingerprint density at radius 2 is 1.85 bits per heavy atom. The third-order valence-corrected chi connectivity index (χ3v) is 4.11. The number of halogens is 4. The molecule has 2 aromatic rings. The molecule has 0 aliphatic carbocycles. The average molecular weight is 468 g/mol. The lowest BCUT2D eigenvalue weighted by Gasteiger charge is -2.11. The molecule has 20 heavy (non-hydrogen) atoms. The first-order valence-electron chi connectivity index (χ1n) is 5.26. The van der Waals surface area contributed by atoms with Gasteiger partial charge in [0.1, 0.15) is 0 Å². The fourth-order valence-corrected chi connectivity index (χ4v) is 3.93. The number of carbonyl (C=O) groups is 1. The van der Waals surface area contributed by atoms with Crippen LogP contribution >= 0.6 is 47.8 Å². The van der Waals surface area contributed by atoms with E-state index in [2.05, 4.69) is 58.1 Å². The van der Waals surface area contributed by atoms with Gasteiger partial charge in [0.2, 0.25) is 0 Å². The molecule has 1 amide bonds. The molecule has 0 saturated carbocycles. The van der Waals surface area contributed by atoms with E-state index in [9.17, 15) is 9.18 Å². The SMILES string of the molecule is Nc1nccc(C(=O)Nc2c(Br)cc(Br)cc2Br)c1F. The molecule has 0 bridgehead atoms. The van der Waals surface area contributed by atoms with E-state index in [1.807, 2.05) is 0 Å². The minimum atomic E-state index is -0.839. The van der Waals surface area contributed by atoms with Gasteiger partial charge in [-0.15, -0.1) is 0 Å². The zero-order valence-corrected chi connectivity index (χ0v) is 14.5. The van der Waals surface area contributed by atoms with Gasteiger partial charge in [0.05, 0.1) is 11.3 Å². The second kappa shape index (κ2) is 6.19. The van der Waals surface area contributed by atoms with E-state index in [-0.39, 0.29) is 11.4 Å². The van der Waals surface area contributed by atoms with Crippen LogP contribution in [0.3, 0.4) is 0 Å². The second-order valence-corrected chi connectivity index (χ2v) is 6.38. The molecule has 0 atom stereocenters. The maximum atomic E-state index is 13.7. The molecule has 3 N–H and O–H groups in total. The molecule has 1 heterocycles. The Morgan fingerprint density at radius 3 is 2.45 bits per heavy atom. The number of anilines is 2. The van der Waals surface area contributed by atoms with Crippen molar-refractivity contribution in [2.45, 2.75) is 0 Å². The van der Waals surface area contributed by atoms with E-state index in [1.54, 1.807) is 12.1 Å². The highest BCUT2D eigenvalue weighted by molar-refractivity contribution is 9.11. The van der Waals surface area contributed by atoms with Crippen molar-refractivity contribution in [2.24, 2.45) is 0 Å². The van der Waals surface area contributed by atoms with Crippen LogP contribution in [0.5, 0.6) is 0 Å². The Morgan fingerprint density at radius 1 is 1.25 bits per heavy atom. The molecule has 0 aliphatic rings. The smallest absolute Gasteiger partial charge is 0.258 e. The Kier molecular flexibility index (Phi) is 4.77. The molecule has 0 radical (unpaired) electrons. The first kappa shape index (κ1) is 15.4. The number of nitrogens with zero attached hydrogens (tertiary/aromatic N) is 1. The third-order valence-electron chi connectivity index (χ3n) is 2.41. The molecule has 0 unspecified atom stereocenters. The molecule has 0 fully saturated rings. The van der Waals surface area contributed by atoms with E-state index in [0.717, 1.165) is 4.47 Å². The van der Waals surface area contributed by atoms with Gasteiger partial charge in [-0.25, -0.2) is 9.37 Å². The van der Waals surface area contributed by atoms with Gasteiger partial charge in [0.15, 0.2) is 11.6 Å². The summed E-state index contributed by atoms with van der Waals surface area (Å²) in [5, 5.41) is 2.61. The van der Waals surface area contributed by atoms with E-state index in [1.165, 1.54) is 12.3 Å². The highest BCUT2D eigenvalue weighted by atomic mass is 79.9. The van der Waals surface area contributed by atoms with Crippen LogP contribution < -0.4 is 11.1 Å². The normalized spacial score (nSPS) is 10.4. The first-order valence-corrected chi connectivity index (χ1v) is 7.64. The first-order chi connectivity index (χ1) is 9.40. The van der Waals surface area contributed by atoms with Crippen LogP contribution in [0.2, 0.25) is 0 Å². The van der Waals surface area contributed by atoms with Crippen molar-refractivity contribution in [3.63, 3.8) is 0 Å². The lowest BCUT2D eigenvalue weighted by molar-refractivity contribution is 0.102. The van der Waals surface area contributed by atoms with Crippen LogP contribution in [-0.4, -0.2) is 10.9 Å². The molecular weight excluding hydrogens is 461 g/mol. The Balaban J connectivity index is 2.36. The van der Waals surface area contributed by atoms with Crippen molar-refractivity contribution in [2.75, 3.05) is 11.1 Å². The summed E-state index contributed by atoms with van der Waals surface area (Å²) in [5.41, 5.74) is 5.67. The highest BCUT2D eigenvalue weighted by Gasteiger charge is 2.17. The van der Waals surface area contributed by atoms with Crippen molar-refractivity contribution in [1.82, 2.24) is 4.98 Å². The molecule has 4 nitrogen and oxygen atoms in total. The van der Waals surface area contributed by atoms with Crippen LogP contribution in [0, 0.1) is 5.82 Å². The lowest BCUT2D eigenvalue weighted by atomic mass is 10.2. The number of nitrogens with two attached hydrogens (primary N) is 1. The summed E-state index contributed by atoms with van der Waals surface area (Å²) < 4.78 is 15.9. The number of nitrogen functional groups attached to an aromatic ring is 1. The molecule has 0 spiro atoms. The van der Waals surface area contributed by atoms with E-state index in [4.69, 9.17) is 5.73 Å². The molecule has 0 saturated heterocycles. The number of pyridine rings is 1. The van der Waals surface area contributed by atoms with Gasteiger partial charge in [0.25, 0.3) is 5.91 Å².